The van der Waals surface area contributed by atoms with Gasteiger partial charge in [-0.25, -0.2) is 4.79 Å². The van der Waals surface area contributed by atoms with Crippen molar-refractivity contribution in [3.05, 3.63) is 28.7 Å². The number of aromatic hydroxyl groups is 1. The van der Waals surface area contributed by atoms with Gasteiger partial charge in [0.15, 0.2) is 0 Å². The van der Waals surface area contributed by atoms with Gasteiger partial charge in [0.2, 0.25) is 0 Å². The minimum absolute atomic E-state index is 0.145. The monoisotopic (exact) mass is 261 g/mol. The zero-order chi connectivity index (χ0) is 13.2. The summed E-state index contributed by atoms with van der Waals surface area (Å²) >= 11 is 0. The molecule has 0 radical (unpaired) electrons. The number of para-hydroxylation sites is 1. The molecule has 0 bridgehead atoms. The minimum atomic E-state index is -0.145. The number of H-pyrrole nitrogens is 1. The molecule has 0 saturated carbocycles. The Labute approximate surface area is 111 Å². The predicted octanol–water partition coefficient (Wildman–Crippen LogP) is 1.52. The van der Waals surface area contributed by atoms with Crippen LogP contribution in [-0.4, -0.2) is 39.2 Å². The smallest absolute Gasteiger partial charge is 0.326 e. The zero-order valence-corrected chi connectivity index (χ0v) is 10.9. The van der Waals surface area contributed by atoms with Crippen molar-refractivity contribution in [1.82, 2.24) is 14.5 Å². The van der Waals surface area contributed by atoms with Crippen LogP contribution in [0.4, 0.5) is 0 Å². The van der Waals surface area contributed by atoms with Gasteiger partial charge in [-0.3, -0.25) is 4.57 Å². The first-order valence-corrected chi connectivity index (χ1v) is 6.88. The number of fused-ring (bicyclic) bond motifs is 1. The molecule has 0 aliphatic carbocycles. The molecule has 0 spiro atoms. The van der Waals surface area contributed by atoms with Crippen molar-refractivity contribution >= 4 is 11.0 Å². The maximum atomic E-state index is 11.9. The Morgan fingerprint density at radius 3 is 2.74 bits per heavy atom. The molecule has 102 valence electrons. The van der Waals surface area contributed by atoms with Crippen LogP contribution >= 0.6 is 0 Å². The molecule has 19 heavy (non-hydrogen) atoms. The van der Waals surface area contributed by atoms with Gasteiger partial charge in [0.1, 0.15) is 11.3 Å². The molecule has 1 aromatic carbocycles. The first kappa shape index (κ1) is 12.3. The standard InChI is InChI=1S/C14H19N3O2/c18-12-6-4-5-11-13(12)17(14(19)15-11)10-9-16-7-2-1-3-8-16/h4-6,18H,1-3,7-10H2,(H,15,19). The van der Waals surface area contributed by atoms with Gasteiger partial charge in [-0.05, 0) is 38.1 Å². The summed E-state index contributed by atoms with van der Waals surface area (Å²) in [6, 6.07) is 5.17. The van der Waals surface area contributed by atoms with Gasteiger partial charge in [-0.1, -0.05) is 12.5 Å². The van der Waals surface area contributed by atoms with E-state index in [-0.39, 0.29) is 11.4 Å². The number of aromatic amines is 1. The normalized spacial score (nSPS) is 17.1. The van der Waals surface area contributed by atoms with Crippen LogP contribution in [0.5, 0.6) is 5.75 Å². The number of nitrogens with one attached hydrogen (secondary N) is 1. The lowest BCUT2D eigenvalue weighted by atomic mass is 10.1. The Morgan fingerprint density at radius 1 is 1.16 bits per heavy atom. The van der Waals surface area contributed by atoms with Crippen molar-refractivity contribution in [2.45, 2.75) is 25.8 Å². The first-order valence-electron chi connectivity index (χ1n) is 6.88. The number of likely N-dealkylation sites (tertiary alicyclic amines) is 1. The molecule has 1 saturated heterocycles. The molecule has 1 fully saturated rings. The van der Waals surface area contributed by atoms with Gasteiger partial charge in [0.25, 0.3) is 0 Å². The summed E-state index contributed by atoms with van der Waals surface area (Å²) in [5, 5.41) is 9.91. The van der Waals surface area contributed by atoms with Crippen LogP contribution in [0.1, 0.15) is 19.3 Å². The summed E-state index contributed by atoms with van der Waals surface area (Å²) in [6.07, 6.45) is 3.80. The zero-order valence-electron chi connectivity index (χ0n) is 10.9. The SMILES string of the molecule is O=c1[nH]c2cccc(O)c2n1CCN1CCCCC1. The maximum absolute atomic E-state index is 11.9. The lowest BCUT2D eigenvalue weighted by Crippen LogP contribution is -2.34. The average Bonchev–Trinajstić information content (AvgIpc) is 2.75. The van der Waals surface area contributed by atoms with E-state index in [0.717, 1.165) is 19.6 Å². The van der Waals surface area contributed by atoms with Gasteiger partial charge in [0, 0.05) is 13.1 Å². The number of aromatic nitrogens is 2. The molecule has 0 atom stereocenters. The fourth-order valence-electron chi connectivity index (χ4n) is 2.84. The summed E-state index contributed by atoms with van der Waals surface area (Å²) < 4.78 is 1.64. The van der Waals surface area contributed by atoms with Crippen LogP contribution in [0.15, 0.2) is 23.0 Å². The van der Waals surface area contributed by atoms with E-state index in [1.54, 1.807) is 16.7 Å². The van der Waals surface area contributed by atoms with Crippen LogP contribution in [-0.2, 0) is 6.54 Å². The summed E-state index contributed by atoms with van der Waals surface area (Å²) in [4.78, 5) is 17.1. The van der Waals surface area contributed by atoms with Gasteiger partial charge < -0.3 is 15.0 Å². The average molecular weight is 261 g/mol. The molecule has 0 unspecified atom stereocenters. The van der Waals surface area contributed by atoms with Crippen molar-refractivity contribution in [1.29, 1.82) is 0 Å². The Kier molecular flexibility index (Phi) is 3.29. The number of piperidine rings is 1. The van der Waals surface area contributed by atoms with Crippen LogP contribution in [0.2, 0.25) is 0 Å². The maximum Gasteiger partial charge on any atom is 0.326 e. The molecule has 1 aliphatic rings. The topological polar surface area (TPSA) is 61.3 Å². The van der Waals surface area contributed by atoms with E-state index in [1.165, 1.54) is 19.3 Å². The van der Waals surface area contributed by atoms with Crippen molar-refractivity contribution < 1.29 is 5.11 Å². The van der Waals surface area contributed by atoms with E-state index in [0.29, 0.717) is 17.6 Å². The second-order valence-corrected chi connectivity index (χ2v) is 5.16. The number of phenols is 1. The van der Waals surface area contributed by atoms with E-state index in [9.17, 15) is 9.90 Å². The highest BCUT2D eigenvalue weighted by Gasteiger charge is 2.13. The Morgan fingerprint density at radius 2 is 1.95 bits per heavy atom. The molecule has 2 N–H and O–H groups in total. The highest BCUT2D eigenvalue weighted by molar-refractivity contribution is 5.81. The molecule has 5 heteroatoms. The van der Waals surface area contributed by atoms with E-state index < -0.39 is 0 Å². The molecule has 1 aromatic heterocycles. The van der Waals surface area contributed by atoms with Crippen molar-refractivity contribution in [3.63, 3.8) is 0 Å². The lowest BCUT2D eigenvalue weighted by Gasteiger charge is -2.26. The number of hydrogen-bond acceptors (Lipinski definition) is 3. The predicted molar refractivity (Wildman–Crippen MR) is 74.5 cm³/mol. The molecule has 3 rings (SSSR count). The van der Waals surface area contributed by atoms with Crippen molar-refractivity contribution in [2.75, 3.05) is 19.6 Å². The summed E-state index contributed by atoms with van der Waals surface area (Å²) in [6.45, 7) is 3.71. The van der Waals surface area contributed by atoms with Crippen LogP contribution in [0, 0.1) is 0 Å². The van der Waals surface area contributed by atoms with Crippen LogP contribution in [0.3, 0.4) is 0 Å². The third-order valence-electron chi connectivity index (χ3n) is 3.86. The van der Waals surface area contributed by atoms with E-state index in [1.807, 2.05) is 6.07 Å². The van der Waals surface area contributed by atoms with Gasteiger partial charge in [0.05, 0.1) is 5.52 Å². The first-order chi connectivity index (χ1) is 9.25. The molecule has 0 amide bonds. The fraction of sp³-hybridized carbons (Fsp3) is 0.500. The van der Waals surface area contributed by atoms with Gasteiger partial charge >= 0.3 is 5.69 Å². The highest BCUT2D eigenvalue weighted by Crippen LogP contribution is 2.21. The van der Waals surface area contributed by atoms with Gasteiger partial charge in [-0.15, -0.1) is 0 Å². The van der Waals surface area contributed by atoms with E-state index >= 15 is 0 Å². The van der Waals surface area contributed by atoms with E-state index in [4.69, 9.17) is 0 Å². The Balaban J connectivity index is 1.84. The number of hydrogen-bond donors (Lipinski definition) is 2. The fourth-order valence-corrected chi connectivity index (χ4v) is 2.84. The third-order valence-corrected chi connectivity index (χ3v) is 3.86. The molecule has 2 heterocycles. The Hall–Kier alpha value is -1.75. The van der Waals surface area contributed by atoms with Crippen molar-refractivity contribution in [3.8, 4) is 5.75 Å². The summed E-state index contributed by atoms with van der Waals surface area (Å²) in [5.41, 5.74) is 1.17. The lowest BCUT2D eigenvalue weighted by molar-refractivity contribution is 0.221. The van der Waals surface area contributed by atoms with E-state index in [2.05, 4.69) is 9.88 Å². The molecule has 2 aromatic rings. The second kappa shape index (κ2) is 5.09. The van der Waals surface area contributed by atoms with Gasteiger partial charge in [-0.2, -0.15) is 0 Å². The number of benzene rings is 1. The number of nitrogens with zero attached hydrogens (tertiary/aromatic N) is 2. The third kappa shape index (κ3) is 2.38. The molecular weight excluding hydrogens is 242 g/mol. The number of rotatable bonds is 3. The number of imidazole rings is 1. The minimum Gasteiger partial charge on any atom is -0.506 e. The number of phenolic OH excluding ortho intramolecular Hbond substituents is 1. The summed E-state index contributed by atoms with van der Waals surface area (Å²) in [5.74, 6) is 0.162. The largest absolute Gasteiger partial charge is 0.506 e. The second-order valence-electron chi connectivity index (χ2n) is 5.16. The van der Waals surface area contributed by atoms with Crippen molar-refractivity contribution in [2.24, 2.45) is 0 Å². The van der Waals surface area contributed by atoms with Crippen LogP contribution in [0.25, 0.3) is 11.0 Å². The molecule has 1 aliphatic heterocycles. The quantitative estimate of drug-likeness (QED) is 0.880. The van der Waals surface area contributed by atoms with Crippen LogP contribution < -0.4 is 5.69 Å². The summed E-state index contributed by atoms with van der Waals surface area (Å²) in [7, 11) is 0. The highest BCUT2D eigenvalue weighted by atomic mass is 16.3. The molecule has 5 nitrogen and oxygen atoms in total. The molecular formula is C14H19N3O2. The Bertz CT molecular complexity index is 623.